The number of aryl methyl sites for hydroxylation is 1. The molecular weight excluding hydrogens is 416 g/mol. The lowest BCUT2D eigenvalue weighted by Crippen LogP contribution is -2.32. The lowest BCUT2D eigenvalue weighted by molar-refractivity contribution is 0.226. The second-order valence-corrected chi connectivity index (χ2v) is 8.87. The summed E-state index contributed by atoms with van der Waals surface area (Å²) in [6, 6.07) is 18.3. The van der Waals surface area contributed by atoms with Crippen molar-refractivity contribution in [1.29, 1.82) is 0 Å². The number of ether oxygens (including phenoxy) is 1. The van der Waals surface area contributed by atoms with E-state index in [0.717, 1.165) is 33.0 Å². The molecule has 6 rings (SSSR count). The fourth-order valence-corrected chi connectivity index (χ4v) is 5.13. The number of anilines is 1. The topological polar surface area (TPSA) is 52.0 Å². The Morgan fingerprint density at radius 1 is 1.13 bits per heavy atom. The summed E-state index contributed by atoms with van der Waals surface area (Å²) in [5.41, 5.74) is 5.39. The first-order valence-corrected chi connectivity index (χ1v) is 10.9. The van der Waals surface area contributed by atoms with Crippen molar-refractivity contribution in [3.63, 3.8) is 0 Å². The van der Waals surface area contributed by atoms with Crippen LogP contribution in [0.15, 0.2) is 71.9 Å². The summed E-state index contributed by atoms with van der Waals surface area (Å²) in [4.78, 5) is 5.60. The molecule has 2 atom stereocenters. The van der Waals surface area contributed by atoms with E-state index in [4.69, 9.17) is 16.3 Å². The molecule has 30 heavy (non-hydrogen) atoms. The van der Waals surface area contributed by atoms with Crippen LogP contribution in [0.25, 0.3) is 5.70 Å². The highest BCUT2D eigenvalue weighted by molar-refractivity contribution is 7.10. The van der Waals surface area contributed by atoms with Crippen molar-refractivity contribution in [2.24, 2.45) is 0 Å². The van der Waals surface area contributed by atoms with Crippen LogP contribution in [0.3, 0.4) is 0 Å². The third-order valence-corrected chi connectivity index (χ3v) is 6.72. The molecule has 2 aliphatic rings. The molecule has 2 aromatic carbocycles. The second-order valence-electron chi connectivity index (χ2n) is 7.45. The summed E-state index contributed by atoms with van der Waals surface area (Å²) in [7, 11) is 0. The maximum Gasteiger partial charge on any atom is 0.226 e. The van der Waals surface area contributed by atoms with Gasteiger partial charge in [0.2, 0.25) is 5.95 Å². The molecule has 0 aliphatic carbocycles. The van der Waals surface area contributed by atoms with Crippen molar-refractivity contribution >= 4 is 34.6 Å². The molecule has 2 aromatic heterocycles. The van der Waals surface area contributed by atoms with Gasteiger partial charge in [-0.1, -0.05) is 47.5 Å². The molecule has 1 N–H and O–H groups in total. The van der Waals surface area contributed by atoms with Gasteiger partial charge in [0.15, 0.2) is 6.10 Å². The molecule has 0 saturated heterocycles. The Labute approximate surface area is 182 Å². The summed E-state index contributed by atoms with van der Waals surface area (Å²) < 4.78 is 8.49. The highest BCUT2D eigenvalue weighted by atomic mass is 35.5. The van der Waals surface area contributed by atoms with Gasteiger partial charge in [-0.15, -0.1) is 11.3 Å². The van der Waals surface area contributed by atoms with E-state index in [1.165, 1.54) is 5.56 Å². The van der Waals surface area contributed by atoms with Gasteiger partial charge in [-0.2, -0.15) is 10.1 Å². The van der Waals surface area contributed by atoms with Crippen LogP contribution in [-0.4, -0.2) is 14.8 Å². The molecule has 0 spiro atoms. The lowest BCUT2D eigenvalue weighted by Gasteiger charge is -2.38. The molecule has 0 amide bonds. The number of aromatic nitrogens is 3. The lowest BCUT2D eigenvalue weighted by atomic mass is 9.86. The highest BCUT2D eigenvalue weighted by Crippen LogP contribution is 2.51. The minimum Gasteiger partial charge on any atom is -0.480 e. The zero-order chi connectivity index (χ0) is 20.2. The molecule has 2 unspecified atom stereocenters. The standard InChI is InChI=1S/C23H17ClN4OS/c1-13-4-6-14(7-5-13)21-19-20(27-23-25-12-26-28(21)23)16-11-15(24)8-9-17(16)29-22(19)18-3-2-10-30-18/h2-12,21-22H,1H3,(H,25,26,27). The number of halogens is 1. The van der Waals surface area contributed by atoms with Gasteiger partial charge in [-0.25, -0.2) is 4.68 Å². The summed E-state index contributed by atoms with van der Waals surface area (Å²) in [6.45, 7) is 2.09. The third kappa shape index (κ3) is 2.68. The van der Waals surface area contributed by atoms with Gasteiger partial charge in [-0.05, 0) is 42.1 Å². The van der Waals surface area contributed by atoms with Gasteiger partial charge in [0.1, 0.15) is 18.1 Å². The third-order valence-electron chi connectivity index (χ3n) is 5.57. The van der Waals surface area contributed by atoms with E-state index in [1.54, 1.807) is 17.7 Å². The number of benzene rings is 2. The molecule has 148 valence electrons. The van der Waals surface area contributed by atoms with Crippen LogP contribution in [0.4, 0.5) is 5.95 Å². The Kier molecular flexibility index (Phi) is 3.97. The van der Waals surface area contributed by atoms with E-state index in [1.807, 2.05) is 22.9 Å². The van der Waals surface area contributed by atoms with Crippen molar-refractivity contribution in [3.05, 3.63) is 98.5 Å². The van der Waals surface area contributed by atoms with Crippen molar-refractivity contribution in [3.8, 4) is 5.75 Å². The maximum atomic E-state index is 6.56. The van der Waals surface area contributed by atoms with Gasteiger partial charge in [0.05, 0.1) is 5.70 Å². The molecule has 0 saturated carbocycles. The van der Waals surface area contributed by atoms with Crippen LogP contribution in [0, 0.1) is 6.92 Å². The number of thiophene rings is 1. The maximum absolute atomic E-state index is 6.56. The molecule has 2 aliphatic heterocycles. The summed E-state index contributed by atoms with van der Waals surface area (Å²) in [5, 5.41) is 10.8. The second kappa shape index (κ2) is 6.72. The predicted octanol–water partition coefficient (Wildman–Crippen LogP) is 5.86. The zero-order valence-electron chi connectivity index (χ0n) is 16.0. The van der Waals surface area contributed by atoms with Gasteiger partial charge in [0.25, 0.3) is 0 Å². The van der Waals surface area contributed by atoms with Crippen LogP contribution < -0.4 is 10.1 Å². The minimum atomic E-state index is -0.232. The van der Waals surface area contributed by atoms with E-state index in [2.05, 4.69) is 64.1 Å². The first-order valence-electron chi connectivity index (χ1n) is 9.66. The Hall–Kier alpha value is -3.09. The van der Waals surface area contributed by atoms with Crippen molar-refractivity contribution in [2.45, 2.75) is 19.1 Å². The number of nitrogens with zero attached hydrogens (tertiary/aromatic N) is 3. The summed E-state index contributed by atoms with van der Waals surface area (Å²) in [6.07, 6.45) is 1.35. The number of fused-ring (bicyclic) bond motifs is 3. The monoisotopic (exact) mass is 432 g/mol. The molecule has 5 nitrogen and oxygen atoms in total. The number of nitrogens with one attached hydrogen (secondary N) is 1. The fraction of sp³-hybridized carbons (Fsp3) is 0.130. The van der Waals surface area contributed by atoms with Crippen molar-refractivity contribution in [2.75, 3.05) is 5.32 Å². The Balaban J connectivity index is 1.64. The Bertz CT molecular complexity index is 1280. The van der Waals surface area contributed by atoms with Crippen LogP contribution >= 0.6 is 22.9 Å². The predicted molar refractivity (Wildman–Crippen MR) is 119 cm³/mol. The highest BCUT2D eigenvalue weighted by Gasteiger charge is 2.41. The first-order chi connectivity index (χ1) is 14.7. The fourth-order valence-electron chi connectivity index (χ4n) is 4.19. The summed E-state index contributed by atoms with van der Waals surface area (Å²) >= 11 is 8.04. The largest absolute Gasteiger partial charge is 0.480 e. The van der Waals surface area contributed by atoms with Crippen LogP contribution in [0.1, 0.15) is 33.7 Å². The quantitative estimate of drug-likeness (QED) is 0.431. The van der Waals surface area contributed by atoms with E-state index < -0.39 is 0 Å². The van der Waals surface area contributed by atoms with Gasteiger partial charge < -0.3 is 10.1 Å². The molecule has 4 aromatic rings. The molecule has 0 radical (unpaired) electrons. The van der Waals surface area contributed by atoms with Crippen LogP contribution in [0.5, 0.6) is 5.75 Å². The number of hydrogen-bond acceptors (Lipinski definition) is 5. The molecule has 0 bridgehead atoms. The van der Waals surface area contributed by atoms with E-state index in [9.17, 15) is 0 Å². The normalized spacial score (nSPS) is 19.4. The summed E-state index contributed by atoms with van der Waals surface area (Å²) in [5.74, 6) is 1.51. The minimum absolute atomic E-state index is 0.140. The zero-order valence-corrected chi connectivity index (χ0v) is 17.6. The molecule has 4 heterocycles. The van der Waals surface area contributed by atoms with Gasteiger partial charge in [-0.3, -0.25) is 0 Å². The van der Waals surface area contributed by atoms with E-state index >= 15 is 0 Å². The number of hydrogen-bond donors (Lipinski definition) is 1. The SMILES string of the molecule is Cc1ccc(C2C3=C(Nc4ncnn42)c2cc(Cl)ccc2OC3c2cccs2)cc1. The Morgan fingerprint density at radius 2 is 2.00 bits per heavy atom. The van der Waals surface area contributed by atoms with Gasteiger partial charge in [0, 0.05) is 21.0 Å². The average molecular weight is 433 g/mol. The average Bonchev–Trinajstić information content (AvgIpc) is 3.44. The molecule has 7 heteroatoms. The van der Waals surface area contributed by atoms with E-state index in [0.29, 0.717) is 11.0 Å². The van der Waals surface area contributed by atoms with Crippen LogP contribution in [-0.2, 0) is 0 Å². The van der Waals surface area contributed by atoms with Gasteiger partial charge >= 0.3 is 0 Å². The molecule has 0 fully saturated rings. The van der Waals surface area contributed by atoms with E-state index in [-0.39, 0.29) is 12.1 Å². The first kappa shape index (κ1) is 17.7. The Morgan fingerprint density at radius 3 is 2.80 bits per heavy atom. The van der Waals surface area contributed by atoms with Crippen molar-refractivity contribution < 1.29 is 4.74 Å². The van der Waals surface area contributed by atoms with Crippen LogP contribution in [0.2, 0.25) is 5.02 Å². The van der Waals surface area contributed by atoms with Crippen molar-refractivity contribution in [1.82, 2.24) is 14.8 Å². The smallest absolute Gasteiger partial charge is 0.226 e. The number of rotatable bonds is 2. The molecular formula is C23H17ClN4OS.